The molecule has 30 heavy (non-hydrogen) atoms. The molecule has 1 saturated heterocycles. The van der Waals surface area contributed by atoms with Gasteiger partial charge in [0.05, 0.1) is 29.2 Å². The van der Waals surface area contributed by atoms with Crippen molar-refractivity contribution in [3.05, 3.63) is 57.4 Å². The molecular weight excluding hydrogens is 388 g/mol. The molecule has 8 heteroatoms. The Morgan fingerprint density at radius 1 is 1.17 bits per heavy atom. The number of halogens is 2. The largest absolute Gasteiger partial charge is 0.289 e. The Balaban J connectivity index is 1.53. The first-order valence-corrected chi connectivity index (χ1v) is 10.7. The molecule has 0 bridgehead atoms. The summed E-state index contributed by atoms with van der Waals surface area (Å²) in [6, 6.07) is 6.81. The highest BCUT2D eigenvalue weighted by Crippen LogP contribution is 2.34. The van der Waals surface area contributed by atoms with Crippen LogP contribution in [0, 0.1) is 0 Å². The number of hydrogen-bond donors (Lipinski definition) is 1. The van der Waals surface area contributed by atoms with Gasteiger partial charge in [-0.05, 0) is 62.8 Å². The molecule has 1 fully saturated rings. The second-order valence-electron chi connectivity index (χ2n) is 8.26. The van der Waals surface area contributed by atoms with Gasteiger partial charge in [-0.25, -0.2) is 13.8 Å². The number of aryl methyl sites for hydroxylation is 1. The Morgan fingerprint density at radius 3 is 2.87 bits per heavy atom. The van der Waals surface area contributed by atoms with Gasteiger partial charge < -0.3 is 0 Å². The highest BCUT2D eigenvalue weighted by molar-refractivity contribution is 5.77. The standard InChI is InChI=1S/C22H25F2N5O/c23-20(24)13-29-21(25-16-8-3-2-7-15(16)22(29)30)19-10-5-11-28(19)12-18-14-6-1-4-9-17(14)26-27-18/h2-3,7-8,19-20H,1,4-6,9-13H2,(H,26,27). The Bertz CT molecular complexity index is 1120. The van der Waals surface area contributed by atoms with Gasteiger partial charge in [-0.15, -0.1) is 0 Å². The van der Waals surface area contributed by atoms with Gasteiger partial charge in [-0.2, -0.15) is 5.10 Å². The van der Waals surface area contributed by atoms with Crippen LogP contribution in [0.15, 0.2) is 29.1 Å². The number of nitrogens with one attached hydrogen (secondary N) is 1. The maximum Gasteiger partial charge on any atom is 0.261 e. The monoisotopic (exact) mass is 413 g/mol. The summed E-state index contributed by atoms with van der Waals surface area (Å²) < 4.78 is 27.9. The number of alkyl halides is 2. The van der Waals surface area contributed by atoms with Crippen molar-refractivity contribution in [1.29, 1.82) is 0 Å². The van der Waals surface area contributed by atoms with E-state index in [1.165, 1.54) is 28.7 Å². The van der Waals surface area contributed by atoms with Crippen molar-refractivity contribution in [3.63, 3.8) is 0 Å². The van der Waals surface area contributed by atoms with E-state index in [9.17, 15) is 13.6 Å². The van der Waals surface area contributed by atoms with Gasteiger partial charge in [-0.3, -0.25) is 19.4 Å². The predicted octanol–water partition coefficient (Wildman–Crippen LogP) is 3.60. The van der Waals surface area contributed by atoms with Crippen molar-refractivity contribution in [1.82, 2.24) is 24.6 Å². The summed E-state index contributed by atoms with van der Waals surface area (Å²) in [6.45, 7) is 0.853. The fourth-order valence-electron chi connectivity index (χ4n) is 4.93. The summed E-state index contributed by atoms with van der Waals surface area (Å²) in [7, 11) is 0. The summed E-state index contributed by atoms with van der Waals surface area (Å²) >= 11 is 0. The van der Waals surface area contributed by atoms with Crippen LogP contribution in [0.2, 0.25) is 0 Å². The van der Waals surface area contributed by atoms with Crippen LogP contribution in [-0.4, -0.2) is 37.6 Å². The summed E-state index contributed by atoms with van der Waals surface area (Å²) in [6.07, 6.45) is 3.54. The molecule has 6 nitrogen and oxygen atoms in total. The molecule has 158 valence electrons. The van der Waals surface area contributed by atoms with Crippen LogP contribution in [0.1, 0.15) is 54.5 Å². The lowest BCUT2D eigenvalue weighted by Gasteiger charge is -2.26. The lowest BCUT2D eigenvalue weighted by Crippen LogP contribution is -2.33. The molecular formula is C22H25F2N5O. The van der Waals surface area contributed by atoms with Crippen molar-refractivity contribution in [2.45, 2.75) is 64.1 Å². The normalized spacial score (nSPS) is 19.6. The molecule has 1 atom stereocenters. The van der Waals surface area contributed by atoms with E-state index in [1.807, 2.05) is 6.07 Å². The minimum atomic E-state index is -2.61. The molecule has 0 spiro atoms. The van der Waals surface area contributed by atoms with E-state index in [2.05, 4.69) is 15.1 Å². The molecule has 3 heterocycles. The van der Waals surface area contributed by atoms with Crippen LogP contribution in [0.4, 0.5) is 8.78 Å². The minimum absolute atomic E-state index is 0.169. The van der Waals surface area contributed by atoms with Gasteiger partial charge in [0.25, 0.3) is 12.0 Å². The highest BCUT2D eigenvalue weighted by atomic mass is 19.3. The second kappa shape index (κ2) is 7.91. The first-order chi connectivity index (χ1) is 14.6. The number of para-hydroxylation sites is 1. The van der Waals surface area contributed by atoms with Gasteiger partial charge in [0.15, 0.2) is 0 Å². The van der Waals surface area contributed by atoms with Crippen molar-refractivity contribution in [2.75, 3.05) is 6.54 Å². The van der Waals surface area contributed by atoms with E-state index in [-0.39, 0.29) is 11.6 Å². The lowest BCUT2D eigenvalue weighted by atomic mass is 9.96. The maximum absolute atomic E-state index is 13.3. The minimum Gasteiger partial charge on any atom is -0.289 e. The van der Waals surface area contributed by atoms with E-state index < -0.39 is 13.0 Å². The number of benzene rings is 1. The van der Waals surface area contributed by atoms with E-state index in [1.54, 1.807) is 18.2 Å². The molecule has 1 aliphatic heterocycles. The van der Waals surface area contributed by atoms with E-state index in [0.717, 1.165) is 37.9 Å². The zero-order valence-electron chi connectivity index (χ0n) is 16.8. The molecule has 0 radical (unpaired) electrons. The Hall–Kier alpha value is -2.61. The number of H-pyrrole nitrogens is 1. The van der Waals surface area contributed by atoms with Crippen molar-refractivity contribution in [2.24, 2.45) is 0 Å². The molecule has 0 saturated carbocycles. The smallest absolute Gasteiger partial charge is 0.261 e. The van der Waals surface area contributed by atoms with Gasteiger partial charge in [-0.1, -0.05) is 12.1 Å². The lowest BCUT2D eigenvalue weighted by molar-refractivity contribution is 0.120. The molecule has 1 aliphatic carbocycles. The summed E-state index contributed by atoms with van der Waals surface area (Å²) in [5, 5.41) is 8.11. The number of hydrogen-bond acceptors (Lipinski definition) is 4. The zero-order chi connectivity index (χ0) is 20.7. The molecule has 1 aromatic carbocycles. The number of rotatable bonds is 5. The van der Waals surface area contributed by atoms with Crippen LogP contribution in [0.25, 0.3) is 10.9 Å². The quantitative estimate of drug-likeness (QED) is 0.694. The van der Waals surface area contributed by atoms with Gasteiger partial charge >= 0.3 is 0 Å². The Kier molecular flexibility index (Phi) is 5.10. The number of fused-ring (bicyclic) bond motifs is 2. The number of aromatic amines is 1. The number of likely N-dealkylation sites (tertiary alicyclic amines) is 1. The maximum atomic E-state index is 13.3. The predicted molar refractivity (Wildman–Crippen MR) is 110 cm³/mol. The third kappa shape index (κ3) is 3.43. The summed E-state index contributed by atoms with van der Waals surface area (Å²) in [4.78, 5) is 19.9. The molecule has 1 unspecified atom stereocenters. The molecule has 2 aliphatic rings. The van der Waals surface area contributed by atoms with Crippen LogP contribution in [-0.2, 0) is 25.9 Å². The van der Waals surface area contributed by atoms with E-state index in [0.29, 0.717) is 23.3 Å². The number of aromatic nitrogens is 4. The van der Waals surface area contributed by atoms with Crippen molar-refractivity contribution in [3.8, 4) is 0 Å². The van der Waals surface area contributed by atoms with E-state index in [4.69, 9.17) is 4.98 Å². The van der Waals surface area contributed by atoms with Gasteiger partial charge in [0, 0.05) is 12.2 Å². The zero-order valence-corrected chi connectivity index (χ0v) is 16.8. The van der Waals surface area contributed by atoms with E-state index >= 15 is 0 Å². The first-order valence-electron chi connectivity index (χ1n) is 10.7. The molecule has 0 amide bonds. The first kappa shape index (κ1) is 19.4. The third-order valence-electron chi connectivity index (χ3n) is 6.37. The van der Waals surface area contributed by atoms with Crippen molar-refractivity contribution >= 4 is 10.9 Å². The Labute approximate surface area is 172 Å². The van der Waals surface area contributed by atoms with Crippen LogP contribution >= 0.6 is 0 Å². The highest BCUT2D eigenvalue weighted by Gasteiger charge is 2.32. The van der Waals surface area contributed by atoms with Gasteiger partial charge in [0.1, 0.15) is 5.82 Å². The third-order valence-corrected chi connectivity index (χ3v) is 6.37. The van der Waals surface area contributed by atoms with Crippen LogP contribution in [0.5, 0.6) is 0 Å². The topological polar surface area (TPSA) is 66.8 Å². The SMILES string of the molecule is O=c1c2ccccc2nc(C2CCCN2Cc2n[nH]c3c2CCCC3)n1CC(F)F. The molecule has 1 N–H and O–H groups in total. The molecule has 5 rings (SSSR count). The summed E-state index contributed by atoms with van der Waals surface area (Å²) in [5.74, 6) is 0.445. The van der Waals surface area contributed by atoms with Crippen molar-refractivity contribution < 1.29 is 8.78 Å². The molecule has 2 aromatic heterocycles. The fraction of sp³-hybridized carbons (Fsp3) is 0.500. The van der Waals surface area contributed by atoms with Gasteiger partial charge in [0.2, 0.25) is 0 Å². The average Bonchev–Trinajstić information content (AvgIpc) is 3.37. The fourth-order valence-corrected chi connectivity index (χ4v) is 4.93. The number of nitrogens with zero attached hydrogens (tertiary/aromatic N) is 4. The van der Waals surface area contributed by atoms with Crippen LogP contribution in [0.3, 0.4) is 0 Å². The average molecular weight is 413 g/mol. The Morgan fingerprint density at radius 2 is 2.00 bits per heavy atom. The summed E-state index contributed by atoms with van der Waals surface area (Å²) in [5.41, 5.74) is 3.75. The second-order valence-corrected chi connectivity index (χ2v) is 8.26. The van der Waals surface area contributed by atoms with Crippen LogP contribution < -0.4 is 5.56 Å². The molecule has 3 aromatic rings.